The normalized spacial score (nSPS) is 11.5. The van der Waals surface area contributed by atoms with Crippen LogP contribution in [0.4, 0.5) is 10.8 Å². The summed E-state index contributed by atoms with van der Waals surface area (Å²) >= 11 is 4.99. The third-order valence-corrected chi connectivity index (χ3v) is 4.36. The molecule has 0 atom stereocenters. The summed E-state index contributed by atoms with van der Waals surface area (Å²) in [4.78, 5) is 16.7. The summed E-state index contributed by atoms with van der Waals surface area (Å²) in [5.41, 5.74) is 9.76. The van der Waals surface area contributed by atoms with Gasteiger partial charge in [0.25, 0.3) is 0 Å². The van der Waals surface area contributed by atoms with Crippen LogP contribution in [0.25, 0.3) is 11.3 Å². The van der Waals surface area contributed by atoms with Crippen molar-refractivity contribution in [1.82, 2.24) is 4.98 Å². The predicted octanol–water partition coefficient (Wildman–Crippen LogP) is 3.64. The van der Waals surface area contributed by atoms with Gasteiger partial charge in [0, 0.05) is 28.3 Å². The number of nitrogen functional groups attached to an aromatic ring is 1. The first kappa shape index (κ1) is 14.7. The summed E-state index contributed by atoms with van der Waals surface area (Å²) in [6.07, 6.45) is 0.833. The molecule has 0 spiro atoms. The van der Waals surface area contributed by atoms with E-state index in [0.29, 0.717) is 5.13 Å². The summed E-state index contributed by atoms with van der Waals surface area (Å²) in [5, 5.41) is 3.41. The van der Waals surface area contributed by atoms with Gasteiger partial charge in [-0.3, -0.25) is 4.79 Å². The minimum Gasteiger partial charge on any atom is -0.375 e. The van der Waals surface area contributed by atoms with Gasteiger partial charge in [-0.15, -0.1) is 35.3 Å². The average Bonchev–Trinajstić information content (AvgIpc) is 2.75. The lowest BCUT2D eigenvalue weighted by molar-refractivity contribution is -0.114. The fourth-order valence-corrected chi connectivity index (χ4v) is 3.46. The Morgan fingerprint density at radius 1 is 1.53 bits per heavy atom. The third kappa shape index (κ3) is 2.63. The van der Waals surface area contributed by atoms with Gasteiger partial charge < -0.3 is 11.1 Å². The summed E-state index contributed by atoms with van der Waals surface area (Å²) < 4.78 is 0.857. The van der Waals surface area contributed by atoms with Gasteiger partial charge in [0.2, 0.25) is 5.91 Å². The number of benzene rings is 1. The van der Waals surface area contributed by atoms with Crippen molar-refractivity contribution in [2.24, 2.45) is 0 Å². The monoisotopic (exact) mass is 451 g/mol. The van der Waals surface area contributed by atoms with Crippen molar-refractivity contribution in [3.8, 4) is 11.3 Å². The van der Waals surface area contributed by atoms with Crippen molar-refractivity contribution in [2.45, 2.75) is 13.3 Å². The number of nitrogens with zero attached hydrogens (tertiary/aromatic N) is 1. The summed E-state index contributed by atoms with van der Waals surface area (Å²) in [6, 6.07) is 3.98. The lowest BCUT2D eigenvalue weighted by Crippen LogP contribution is -2.06. The van der Waals surface area contributed by atoms with E-state index in [9.17, 15) is 4.79 Å². The van der Waals surface area contributed by atoms with Crippen LogP contribution in [-0.4, -0.2) is 10.9 Å². The Morgan fingerprint density at radius 2 is 2.26 bits per heavy atom. The number of amides is 1. The average molecular weight is 452 g/mol. The minimum absolute atomic E-state index is 0. The Bertz CT molecular complexity index is 671. The smallest absolute Gasteiger partial charge is 0.221 e. The largest absolute Gasteiger partial charge is 0.375 e. The van der Waals surface area contributed by atoms with Crippen molar-refractivity contribution in [3.05, 3.63) is 27.0 Å². The first-order valence-corrected chi connectivity index (χ1v) is 7.01. The molecule has 0 radical (unpaired) electrons. The second-order valence-electron chi connectivity index (χ2n) is 4.17. The summed E-state index contributed by atoms with van der Waals surface area (Å²) in [6.45, 7) is 1.50. The predicted molar refractivity (Wildman–Crippen MR) is 92.2 cm³/mol. The molecule has 2 aromatic rings. The fraction of sp³-hybridized carbons (Fsp3) is 0.167. The molecule has 4 nitrogen and oxygen atoms in total. The second-order valence-corrected chi connectivity index (χ2v) is 6.14. The van der Waals surface area contributed by atoms with Gasteiger partial charge in [-0.25, -0.2) is 4.98 Å². The molecule has 0 unspecified atom stereocenters. The molecule has 1 aliphatic rings. The highest BCUT2D eigenvalue weighted by Crippen LogP contribution is 2.43. The maximum Gasteiger partial charge on any atom is 0.221 e. The molecule has 1 aliphatic carbocycles. The zero-order valence-corrected chi connectivity index (χ0v) is 14.7. The Balaban J connectivity index is 0.00000133. The number of carbonyl (C=O) groups excluding carboxylic acids is 1. The van der Waals surface area contributed by atoms with E-state index >= 15 is 0 Å². The van der Waals surface area contributed by atoms with Gasteiger partial charge in [0.05, 0.1) is 11.4 Å². The molecular formula is C12H11BrIN3OS. The van der Waals surface area contributed by atoms with Crippen LogP contribution in [0, 0.1) is 0 Å². The fourth-order valence-electron chi connectivity index (χ4n) is 2.14. The zero-order chi connectivity index (χ0) is 12.9. The van der Waals surface area contributed by atoms with Crippen LogP contribution in [-0.2, 0) is 11.2 Å². The maximum absolute atomic E-state index is 11.1. The van der Waals surface area contributed by atoms with Crippen LogP contribution in [0.3, 0.4) is 0 Å². The van der Waals surface area contributed by atoms with Crippen LogP contribution in [0.15, 0.2) is 16.6 Å². The highest BCUT2D eigenvalue weighted by molar-refractivity contribution is 14.0. The number of nitrogens with one attached hydrogen (secondary N) is 1. The zero-order valence-electron chi connectivity index (χ0n) is 9.99. The first-order valence-electron chi connectivity index (χ1n) is 5.40. The number of halogens is 2. The van der Waals surface area contributed by atoms with E-state index in [-0.39, 0.29) is 29.9 Å². The Labute approximate surface area is 140 Å². The van der Waals surface area contributed by atoms with Crippen LogP contribution in [0.1, 0.15) is 17.4 Å². The van der Waals surface area contributed by atoms with E-state index in [4.69, 9.17) is 5.73 Å². The van der Waals surface area contributed by atoms with E-state index in [2.05, 4.69) is 26.2 Å². The molecule has 3 N–H and O–H groups in total. The van der Waals surface area contributed by atoms with Crippen LogP contribution in [0.2, 0.25) is 0 Å². The van der Waals surface area contributed by atoms with E-state index in [1.54, 1.807) is 0 Å². The second kappa shape index (κ2) is 5.37. The van der Waals surface area contributed by atoms with Crippen molar-refractivity contribution in [3.63, 3.8) is 0 Å². The van der Waals surface area contributed by atoms with Crippen molar-refractivity contribution < 1.29 is 4.79 Å². The lowest BCUT2D eigenvalue weighted by atomic mass is 10.1. The van der Waals surface area contributed by atoms with Crippen molar-refractivity contribution >= 4 is 68.0 Å². The molecule has 1 aromatic heterocycles. The number of anilines is 2. The summed E-state index contributed by atoms with van der Waals surface area (Å²) in [7, 11) is 0. The molecule has 3 rings (SSSR count). The Morgan fingerprint density at radius 3 is 2.95 bits per heavy atom. The first-order chi connectivity index (χ1) is 8.54. The van der Waals surface area contributed by atoms with Gasteiger partial charge in [-0.05, 0) is 33.6 Å². The van der Waals surface area contributed by atoms with E-state index in [1.165, 1.54) is 28.7 Å². The number of aromatic nitrogens is 1. The molecule has 1 heterocycles. The topological polar surface area (TPSA) is 68.0 Å². The van der Waals surface area contributed by atoms with Crippen LogP contribution in [0.5, 0.6) is 0 Å². The van der Waals surface area contributed by atoms with Gasteiger partial charge >= 0.3 is 0 Å². The van der Waals surface area contributed by atoms with E-state index < -0.39 is 0 Å². The highest BCUT2D eigenvalue weighted by atomic mass is 127. The van der Waals surface area contributed by atoms with Gasteiger partial charge in [-0.1, -0.05) is 0 Å². The van der Waals surface area contributed by atoms with Crippen molar-refractivity contribution in [2.75, 3.05) is 11.1 Å². The quantitative estimate of drug-likeness (QED) is 0.555. The molecule has 0 aliphatic heterocycles. The lowest BCUT2D eigenvalue weighted by Gasteiger charge is -2.08. The van der Waals surface area contributed by atoms with Gasteiger partial charge in [0.15, 0.2) is 5.13 Å². The number of hydrogen-bond donors (Lipinski definition) is 2. The molecule has 0 saturated heterocycles. The Hall–Kier alpha value is -0.670. The SMILES string of the molecule is CC(=O)Nc1cc2c(cc1Br)-c1nc(N)sc1C2.I. The van der Waals surface area contributed by atoms with Crippen LogP contribution < -0.4 is 11.1 Å². The molecule has 0 saturated carbocycles. The molecule has 1 aromatic carbocycles. The molecule has 0 bridgehead atoms. The Kier molecular flexibility index (Phi) is 4.17. The molecule has 1 amide bonds. The number of thiazole rings is 1. The van der Waals surface area contributed by atoms with Crippen LogP contribution >= 0.6 is 51.2 Å². The molecular weight excluding hydrogens is 441 g/mol. The van der Waals surface area contributed by atoms with Gasteiger partial charge in [0.1, 0.15) is 0 Å². The summed E-state index contributed by atoms with van der Waals surface area (Å²) in [5.74, 6) is -0.0780. The number of rotatable bonds is 1. The van der Waals surface area contributed by atoms with Gasteiger partial charge in [-0.2, -0.15) is 0 Å². The maximum atomic E-state index is 11.1. The third-order valence-electron chi connectivity index (χ3n) is 2.82. The number of fused-ring (bicyclic) bond motifs is 3. The number of nitrogens with two attached hydrogens (primary N) is 1. The van der Waals surface area contributed by atoms with Crippen molar-refractivity contribution in [1.29, 1.82) is 0 Å². The van der Waals surface area contributed by atoms with E-state index in [0.717, 1.165) is 27.8 Å². The number of hydrogen-bond acceptors (Lipinski definition) is 4. The standard InChI is InChI=1S/C12H10BrN3OS.HI/c1-5(17)15-9-2-6-3-10-11(16-12(14)18-10)7(6)4-8(9)13;/h2,4H,3H2,1H3,(H2,14,16)(H,15,17);1H. The molecule has 19 heavy (non-hydrogen) atoms. The van der Waals surface area contributed by atoms with E-state index in [1.807, 2.05) is 12.1 Å². The molecule has 0 fully saturated rings. The number of carbonyl (C=O) groups is 1. The molecule has 7 heteroatoms. The minimum atomic E-state index is -0.0780. The molecule has 100 valence electrons. The highest BCUT2D eigenvalue weighted by Gasteiger charge is 2.24.